The van der Waals surface area contributed by atoms with Crippen molar-refractivity contribution in [3.63, 3.8) is 0 Å². The third kappa shape index (κ3) is 3.52. The zero-order chi connectivity index (χ0) is 13.8. The van der Waals surface area contributed by atoms with Gasteiger partial charge in [0, 0.05) is 23.9 Å². The zero-order valence-electron chi connectivity index (χ0n) is 11.2. The molecule has 2 aromatic rings. The third-order valence-corrected chi connectivity index (χ3v) is 3.80. The van der Waals surface area contributed by atoms with Gasteiger partial charge in [-0.25, -0.2) is 9.37 Å². The van der Waals surface area contributed by atoms with Crippen molar-refractivity contribution in [3.8, 4) is 5.75 Å². The Morgan fingerprint density at radius 2 is 2.26 bits per heavy atom. The summed E-state index contributed by atoms with van der Waals surface area (Å²) in [5.74, 6) is 0.287. The van der Waals surface area contributed by atoms with Crippen LogP contribution in [0.2, 0.25) is 0 Å². The van der Waals surface area contributed by atoms with Crippen LogP contribution in [0.15, 0.2) is 24.4 Å². The molecule has 102 valence electrons. The van der Waals surface area contributed by atoms with Crippen molar-refractivity contribution < 1.29 is 9.13 Å². The minimum absolute atomic E-state index is 0.110. The first-order valence-corrected chi connectivity index (χ1v) is 6.92. The van der Waals surface area contributed by atoms with Gasteiger partial charge >= 0.3 is 0 Å². The van der Waals surface area contributed by atoms with Gasteiger partial charge in [-0.2, -0.15) is 0 Å². The summed E-state index contributed by atoms with van der Waals surface area (Å²) < 4.78 is 19.1. The highest BCUT2D eigenvalue weighted by atomic mass is 32.1. The van der Waals surface area contributed by atoms with Crippen LogP contribution in [0.1, 0.15) is 28.4 Å². The summed E-state index contributed by atoms with van der Waals surface area (Å²) in [5, 5.41) is 4.13. The Bertz CT molecular complexity index is 556. The van der Waals surface area contributed by atoms with Gasteiger partial charge < -0.3 is 10.1 Å². The molecule has 0 bridgehead atoms. The number of thiazole rings is 1. The van der Waals surface area contributed by atoms with Crippen molar-refractivity contribution in [2.24, 2.45) is 0 Å². The quantitative estimate of drug-likeness (QED) is 0.911. The van der Waals surface area contributed by atoms with Gasteiger partial charge in [-0.15, -0.1) is 11.3 Å². The fourth-order valence-corrected chi connectivity index (χ4v) is 2.48. The van der Waals surface area contributed by atoms with Crippen molar-refractivity contribution in [1.29, 1.82) is 0 Å². The van der Waals surface area contributed by atoms with Crippen molar-refractivity contribution in [2.75, 3.05) is 7.05 Å². The van der Waals surface area contributed by atoms with Crippen LogP contribution >= 0.6 is 11.3 Å². The van der Waals surface area contributed by atoms with Gasteiger partial charge in [-0.05, 0) is 27.0 Å². The molecule has 1 aromatic heterocycles. The molecule has 0 saturated heterocycles. The van der Waals surface area contributed by atoms with E-state index >= 15 is 0 Å². The molecule has 1 unspecified atom stereocenters. The number of nitrogens with one attached hydrogen (secondary N) is 1. The number of hydrogen-bond acceptors (Lipinski definition) is 4. The first-order chi connectivity index (χ1) is 9.10. The molecule has 0 aliphatic carbocycles. The summed E-state index contributed by atoms with van der Waals surface area (Å²) in [4.78, 5) is 5.20. The highest BCUT2D eigenvalue weighted by Gasteiger charge is 2.11. The lowest BCUT2D eigenvalue weighted by Gasteiger charge is -2.16. The van der Waals surface area contributed by atoms with E-state index in [1.54, 1.807) is 23.6 Å². The van der Waals surface area contributed by atoms with Crippen LogP contribution < -0.4 is 10.1 Å². The Hall–Kier alpha value is -1.46. The second-order valence-corrected chi connectivity index (χ2v) is 5.65. The van der Waals surface area contributed by atoms with E-state index < -0.39 is 0 Å². The second-order valence-electron chi connectivity index (χ2n) is 4.33. The Kier molecular flexibility index (Phi) is 4.50. The predicted molar refractivity (Wildman–Crippen MR) is 75.1 cm³/mol. The lowest BCUT2D eigenvalue weighted by molar-refractivity contribution is 0.301. The van der Waals surface area contributed by atoms with Gasteiger partial charge in [0.15, 0.2) is 0 Å². The number of benzene rings is 1. The normalized spacial score (nSPS) is 12.4. The van der Waals surface area contributed by atoms with Gasteiger partial charge in [-0.1, -0.05) is 6.07 Å². The number of halogens is 1. The van der Waals surface area contributed by atoms with Gasteiger partial charge in [0.2, 0.25) is 0 Å². The molecule has 0 aliphatic rings. The SMILES string of the molecule is CNC(C)c1ccc(F)cc1OCc1cnc(C)s1. The molecular weight excluding hydrogens is 263 g/mol. The number of nitrogens with zero attached hydrogens (tertiary/aromatic N) is 1. The van der Waals surface area contributed by atoms with Crippen LogP contribution in [0.25, 0.3) is 0 Å². The molecule has 1 atom stereocenters. The molecule has 2 rings (SSSR count). The number of aromatic nitrogens is 1. The van der Waals surface area contributed by atoms with E-state index in [0.717, 1.165) is 15.4 Å². The molecule has 0 radical (unpaired) electrons. The van der Waals surface area contributed by atoms with Crippen LogP contribution in [-0.4, -0.2) is 12.0 Å². The number of ether oxygens (including phenoxy) is 1. The molecule has 3 nitrogen and oxygen atoms in total. The zero-order valence-corrected chi connectivity index (χ0v) is 12.1. The molecule has 1 aromatic carbocycles. The maximum absolute atomic E-state index is 13.3. The van der Waals surface area contributed by atoms with Gasteiger partial charge in [0.1, 0.15) is 18.2 Å². The van der Waals surface area contributed by atoms with Crippen molar-refractivity contribution in [1.82, 2.24) is 10.3 Å². The number of aryl methyl sites for hydroxylation is 1. The summed E-state index contributed by atoms with van der Waals surface area (Å²) >= 11 is 1.59. The standard InChI is InChI=1S/C14H17FN2OS/c1-9(16-3)13-5-4-11(15)6-14(13)18-8-12-7-17-10(2)19-12/h4-7,9,16H,8H2,1-3H3. The second kappa shape index (κ2) is 6.12. The van der Waals surface area contributed by atoms with Crippen LogP contribution in [0.5, 0.6) is 5.75 Å². The van der Waals surface area contributed by atoms with E-state index in [2.05, 4.69) is 10.3 Å². The highest BCUT2D eigenvalue weighted by Crippen LogP contribution is 2.27. The first-order valence-electron chi connectivity index (χ1n) is 6.11. The average molecular weight is 280 g/mol. The van der Waals surface area contributed by atoms with Gasteiger partial charge in [-0.3, -0.25) is 0 Å². The Labute approximate surface area is 116 Å². The minimum atomic E-state index is -0.289. The Morgan fingerprint density at radius 1 is 1.47 bits per heavy atom. The first kappa shape index (κ1) is 14.0. The third-order valence-electron chi connectivity index (χ3n) is 2.91. The molecular formula is C14H17FN2OS. The van der Waals surface area contributed by atoms with Crippen molar-refractivity contribution in [3.05, 3.63) is 45.7 Å². The highest BCUT2D eigenvalue weighted by molar-refractivity contribution is 7.11. The molecule has 0 saturated carbocycles. The molecule has 0 spiro atoms. The summed E-state index contributed by atoms with van der Waals surface area (Å²) in [6.07, 6.45) is 1.79. The molecule has 19 heavy (non-hydrogen) atoms. The maximum Gasteiger partial charge on any atom is 0.127 e. The van der Waals surface area contributed by atoms with Crippen LogP contribution in [0.3, 0.4) is 0 Å². The fourth-order valence-electron chi connectivity index (χ4n) is 1.77. The lowest BCUT2D eigenvalue weighted by Crippen LogP contribution is -2.13. The van der Waals surface area contributed by atoms with Crippen molar-refractivity contribution >= 4 is 11.3 Å². The Morgan fingerprint density at radius 3 is 2.89 bits per heavy atom. The predicted octanol–water partition coefficient (Wildman–Crippen LogP) is 3.45. The van der Waals surface area contributed by atoms with E-state index in [-0.39, 0.29) is 11.9 Å². The summed E-state index contributed by atoms with van der Waals surface area (Å²) in [7, 11) is 1.87. The minimum Gasteiger partial charge on any atom is -0.488 e. The van der Waals surface area contributed by atoms with E-state index in [1.165, 1.54) is 12.1 Å². The number of hydrogen-bond donors (Lipinski definition) is 1. The molecule has 0 fully saturated rings. The van der Waals surface area contributed by atoms with E-state index in [9.17, 15) is 4.39 Å². The van der Waals surface area contributed by atoms with Crippen LogP contribution in [-0.2, 0) is 6.61 Å². The van der Waals surface area contributed by atoms with Crippen LogP contribution in [0, 0.1) is 12.7 Å². The largest absolute Gasteiger partial charge is 0.488 e. The average Bonchev–Trinajstić information content (AvgIpc) is 2.81. The van der Waals surface area contributed by atoms with E-state index in [1.807, 2.05) is 20.9 Å². The molecule has 5 heteroatoms. The summed E-state index contributed by atoms with van der Waals surface area (Å²) in [6.45, 7) is 4.38. The van der Waals surface area contributed by atoms with Crippen LogP contribution in [0.4, 0.5) is 4.39 Å². The fraction of sp³-hybridized carbons (Fsp3) is 0.357. The molecule has 1 heterocycles. The van der Waals surface area contributed by atoms with Crippen molar-refractivity contribution in [2.45, 2.75) is 26.5 Å². The smallest absolute Gasteiger partial charge is 0.127 e. The van der Waals surface area contributed by atoms with Gasteiger partial charge in [0.25, 0.3) is 0 Å². The van der Waals surface area contributed by atoms with E-state index in [0.29, 0.717) is 12.4 Å². The van der Waals surface area contributed by atoms with E-state index in [4.69, 9.17) is 4.74 Å². The topological polar surface area (TPSA) is 34.1 Å². The summed E-state index contributed by atoms with van der Waals surface area (Å²) in [6, 6.07) is 4.74. The lowest BCUT2D eigenvalue weighted by atomic mass is 10.1. The number of rotatable bonds is 5. The maximum atomic E-state index is 13.3. The molecule has 0 amide bonds. The van der Waals surface area contributed by atoms with Gasteiger partial charge in [0.05, 0.1) is 9.88 Å². The molecule has 1 N–H and O–H groups in total. The Balaban J connectivity index is 2.16. The molecule has 0 aliphatic heterocycles. The summed E-state index contributed by atoms with van der Waals surface area (Å²) in [5.41, 5.74) is 0.949. The monoisotopic (exact) mass is 280 g/mol.